The van der Waals surface area contributed by atoms with Crippen LogP contribution in [0.3, 0.4) is 0 Å². The van der Waals surface area contributed by atoms with Crippen molar-refractivity contribution in [1.82, 2.24) is 9.88 Å². The van der Waals surface area contributed by atoms with E-state index in [1.54, 1.807) is 0 Å². The van der Waals surface area contributed by atoms with Gasteiger partial charge in [-0.3, -0.25) is 0 Å². The highest BCUT2D eigenvalue weighted by molar-refractivity contribution is 5.65. The summed E-state index contributed by atoms with van der Waals surface area (Å²) in [6, 6.07) is 13.6. The van der Waals surface area contributed by atoms with Gasteiger partial charge in [0.05, 0.1) is 18.8 Å². The quantitative estimate of drug-likeness (QED) is 0.865. The zero-order chi connectivity index (χ0) is 13.9. The van der Waals surface area contributed by atoms with Crippen LogP contribution in [0.1, 0.15) is 5.56 Å². The van der Waals surface area contributed by atoms with Gasteiger partial charge in [-0.25, -0.2) is 9.78 Å². The molecule has 1 aromatic carbocycles. The van der Waals surface area contributed by atoms with E-state index < -0.39 is 6.09 Å². The molecule has 0 radical (unpaired) electrons. The largest absolute Gasteiger partial charge is 0.476 e. The molecule has 3 rings (SSSR count). The fourth-order valence-corrected chi connectivity index (χ4v) is 2.18. The number of pyridine rings is 1. The van der Waals surface area contributed by atoms with Crippen molar-refractivity contribution < 1.29 is 14.6 Å². The van der Waals surface area contributed by atoms with E-state index in [9.17, 15) is 4.79 Å². The number of carbonyl (C=O) groups is 1. The van der Waals surface area contributed by atoms with Crippen molar-refractivity contribution >= 4 is 6.09 Å². The predicted molar refractivity (Wildman–Crippen MR) is 73.6 cm³/mol. The Balaban J connectivity index is 1.94. The Bertz CT molecular complexity index is 628. The molecular formula is C15H14N2O3. The maximum atomic E-state index is 11.1. The van der Waals surface area contributed by atoms with Gasteiger partial charge in [0.1, 0.15) is 6.61 Å². The topological polar surface area (TPSA) is 62.7 Å². The zero-order valence-electron chi connectivity index (χ0n) is 10.8. The molecule has 0 saturated carbocycles. The zero-order valence-corrected chi connectivity index (χ0v) is 10.8. The van der Waals surface area contributed by atoms with Gasteiger partial charge in [0.15, 0.2) is 0 Å². The molecule has 1 amide bonds. The highest BCUT2D eigenvalue weighted by atomic mass is 16.5. The molecule has 0 saturated heterocycles. The van der Waals surface area contributed by atoms with E-state index in [2.05, 4.69) is 4.98 Å². The highest BCUT2D eigenvalue weighted by Crippen LogP contribution is 2.25. The van der Waals surface area contributed by atoms with Crippen molar-refractivity contribution in [3.05, 3.63) is 48.0 Å². The SMILES string of the molecule is O=C(O)N1CCOc2nc(-c3ccccc3)ccc2C1. The molecule has 0 fully saturated rings. The highest BCUT2D eigenvalue weighted by Gasteiger charge is 2.20. The van der Waals surface area contributed by atoms with Gasteiger partial charge in [-0.05, 0) is 12.1 Å². The first-order chi connectivity index (χ1) is 9.74. The van der Waals surface area contributed by atoms with Crippen molar-refractivity contribution in [3.63, 3.8) is 0 Å². The third kappa shape index (κ3) is 2.42. The number of benzene rings is 1. The van der Waals surface area contributed by atoms with Gasteiger partial charge in [-0.1, -0.05) is 30.3 Å². The molecule has 1 aromatic heterocycles. The van der Waals surface area contributed by atoms with Crippen LogP contribution in [0.2, 0.25) is 0 Å². The molecule has 1 N–H and O–H groups in total. The van der Waals surface area contributed by atoms with Crippen LogP contribution in [-0.4, -0.2) is 34.2 Å². The summed E-state index contributed by atoms with van der Waals surface area (Å²) < 4.78 is 5.57. The van der Waals surface area contributed by atoms with Gasteiger partial charge in [0, 0.05) is 11.1 Å². The third-order valence-corrected chi connectivity index (χ3v) is 3.24. The van der Waals surface area contributed by atoms with Crippen molar-refractivity contribution in [2.75, 3.05) is 13.2 Å². The summed E-state index contributed by atoms with van der Waals surface area (Å²) in [6.07, 6.45) is -0.936. The Hall–Kier alpha value is -2.56. The minimum absolute atomic E-state index is 0.312. The smallest absolute Gasteiger partial charge is 0.407 e. The third-order valence-electron chi connectivity index (χ3n) is 3.24. The second kappa shape index (κ2) is 5.21. The van der Waals surface area contributed by atoms with Crippen molar-refractivity contribution in [2.24, 2.45) is 0 Å². The van der Waals surface area contributed by atoms with Gasteiger partial charge < -0.3 is 14.7 Å². The van der Waals surface area contributed by atoms with Gasteiger partial charge in [-0.2, -0.15) is 0 Å². The van der Waals surface area contributed by atoms with Crippen LogP contribution < -0.4 is 4.74 Å². The number of fused-ring (bicyclic) bond motifs is 1. The number of ether oxygens (including phenoxy) is 1. The molecule has 0 bridgehead atoms. The average molecular weight is 270 g/mol. The van der Waals surface area contributed by atoms with Gasteiger partial charge >= 0.3 is 6.09 Å². The van der Waals surface area contributed by atoms with E-state index >= 15 is 0 Å². The molecule has 5 nitrogen and oxygen atoms in total. The lowest BCUT2D eigenvalue weighted by molar-refractivity contribution is 0.137. The molecular weight excluding hydrogens is 256 g/mol. The van der Waals surface area contributed by atoms with Gasteiger partial charge in [0.25, 0.3) is 0 Å². The van der Waals surface area contributed by atoms with E-state index in [0.717, 1.165) is 16.8 Å². The van der Waals surface area contributed by atoms with Crippen LogP contribution in [0.5, 0.6) is 5.88 Å². The first-order valence-electron chi connectivity index (χ1n) is 6.40. The molecule has 1 aliphatic rings. The molecule has 0 atom stereocenters. The molecule has 0 spiro atoms. The molecule has 1 aliphatic heterocycles. The molecule has 2 heterocycles. The second-order valence-electron chi connectivity index (χ2n) is 4.58. The second-order valence-corrected chi connectivity index (χ2v) is 4.58. The molecule has 2 aromatic rings. The monoisotopic (exact) mass is 270 g/mol. The van der Waals surface area contributed by atoms with Gasteiger partial charge in [0.2, 0.25) is 5.88 Å². The lowest BCUT2D eigenvalue weighted by Gasteiger charge is -2.14. The average Bonchev–Trinajstić information content (AvgIpc) is 2.69. The van der Waals surface area contributed by atoms with E-state index in [0.29, 0.717) is 25.6 Å². The maximum Gasteiger partial charge on any atom is 0.407 e. The van der Waals surface area contributed by atoms with Crippen LogP contribution >= 0.6 is 0 Å². The van der Waals surface area contributed by atoms with Crippen LogP contribution in [0.25, 0.3) is 11.3 Å². The van der Waals surface area contributed by atoms with Crippen molar-refractivity contribution in [2.45, 2.75) is 6.54 Å². The molecule has 102 valence electrons. The summed E-state index contributed by atoms with van der Waals surface area (Å²) in [4.78, 5) is 16.9. The first kappa shape index (κ1) is 12.5. The van der Waals surface area contributed by atoms with E-state index in [1.807, 2.05) is 42.5 Å². The number of carboxylic acid groups (broad SMARTS) is 1. The lowest BCUT2D eigenvalue weighted by Crippen LogP contribution is -2.30. The Morgan fingerprint density at radius 2 is 2.00 bits per heavy atom. The van der Waals surface area contributed by atoms with Crippen LogP contribution in [0.15, 0.2) is 42.5 Å². The van der Waals surface area contributed by atoms with Crippen molar-refractivity contribution in [1.29, 1.82) is 0 Å². The van der Waals surface area contributed by atoms with E-state index in [1.165, 1.54) is 4.90 Å². The number of rotatable bonds is 1. The maximum absolute atomic E-state index is 11.1. The minimum atomic E-state index is -0.936. The Morgan fingerprint density at radius 1 is 1.20 bits per heavy atom. The summed E-state index contributed by atoms with van der Waals surface area (Å²) in [5.74, 6) is 0.523. The molecule has 0 unspecified atom stereocenters. The number of aromatic nitrogens is 1. The number of amides is 1. The Morgan fingerprint density at radius 3 is 2.75 bits per heavy atom. The lowest BCUT2D eigenvalue weighted by atomic mass is 10.1. The Kier molecular flexibility index (Phi) is 3.25. The van der Waals surface area contributed by atoms with Crippen LogP contribution in [0.4, 0.5) is 4.79 Å². The molecule has 20 heavy (non-hydrogen) atoms. The van der Waals surface area contributed by atoms with Crippen molar-refractivity contribution in [3.8, 4) is 17.1 Å². The molecule has 5 heteroatoms. The van der Waals surface area contributed by atoms with E-state index in [-0.39, 0.29) is 0 Å². The standard InChI is InChI=1S/C15H14N2O3/c18-15(19)17-8-9-20-14-12(10-17)6-7-13(16-14)11-4-2-1-3-5-11/h1-7H,8-10H2,(H,18,19). The summed E-state index contributed by atoms with van der Waals surface area (Å²) in [6.45, 7) is 0.990. The Labute approximate surface area is 116 Å². The number of nitrogens with zero attached hydrogens (tertiary/aromatic N) is 2. The fraction of sp³-hybridized carbons (Fsp3) is 0.200. The van der Waals surface area contributed by atoms with Gasteiger partial charge in [-0.15, -0.1) is 0 Å². The summed E-state index contributed by atoms with van der Waals surface area (Å²) >= 11 is 0. The summed E-state index contributed by atoms with van der Waals surface area (Å²) in [7, 11) is 0. The van der Waals surface area contributed by atoms with Crippen LogP contribution in [0, 0.1) is 0 Å². The fourth-order valence-electron chi connectivity index (χ4n) is 2.18. The predicted octanol–water partition coefficient (Wildman–Crippen LogP) is 2.62. The number of hydrogen-bond acceptors (Lipinski definition) is 3. The first-order valence-corrected chi connectivity index (χ1v) is 6.40. The van der Waals surface area contributed by atoms with Crippen LogP contribution in [-0.2, 0) is 6.54 Å². The number of hydrogen-bond donors (Lipinski definition) is 1. The summed E-state index contributed by atoms with van der Waals surface area (Å²) in [5, 5.41) is 9.07. The van der Waals surface area contributed by atoms with E-state index in [4.69, 9.17) is 9.84 Å². The summed E-state index contributed by atoms with van der Waals surface area (Å²) in [5.41, 5.74) is 2.64. The molecule has 0 aliphatic carbocycles. The minimum Gasteiger partial charge on any atom is -0.476 e. The normalized spacial score (nSPS) is 14.1.